The predicted octanol–water partition coefficient (Wildman–Crippen LogP) is 2.21. The van der Waals surface area contributed by atoms with Crippen LogP contribution >= 0.6 is 11.6 Å². The Bertz CT molecular complexity index is 725. The summed E-state index contributed by atoms with van der Waals surface area (Å²) < 4.78 is 6.98. The maximum absolute atomic E-state index is 12.4. The number of anilines is 1. The van der Waals surface area contributed by atoms with E-state index in [1.807, 2.05) is 20.9 Å². The molecule has 0 spiro atoms. The van der Waals surface area contributed by atoms with E-state index in [1.165, 1.54) is 19.2 Å². The summed E-state index contributed by atoms with van der Waals surface area (Å²) in [4.78, 5) is 12.4. The minimum atomic E-state index is -0.276. The second kappa shape index (κ2) is 6.27. The standard InChI is InChI=1S/C15H19ClN4O2/c1-8-11(9(2)20(3)19-8)7-18-15(21)10-5-12(16)13(17)6-14(10)22-4/h5-6H,7,17H2,1-4H3,(H,18,21). The summed E-state index contributed by atoms with van der Waals surface area (Å²) in [5, 5.41) is 7.50. The largest absolute Gasteiger partial charge is 0.496 e. The number of carbonyl (C=O) groups is 1. The number of carbonyl (C=O) groups excluding carboxylic acids is 1. The molecule has 1 amide bonds. The van der Waals surface area contributed by atoms with Gasteiger partial charge in [-0.05, 0) is 19.9 Å². The number of rotatable bonds is 4. The van der Waals surface area contributed by atoms with Crippen LogP contribution in [0.25, 0.3) is 0 Å². The summed E-state index contributed by atoms with van der Waals surface area (Å²) in [6, 6.07) is 3.05. The van der Waals surface area contributed by atoms with Crippen LogP contribution in [-0.2, 0) is 13.6 Å². The van der Waals surface area contributed by atoms with E-state index in [4.69, 9.17) is 22.1 Å². The monoisotopic (exact) mass is 322 g/mol. The topological polar surface area (TPSA) is 82.2 Å². The molecule has 0 saturated heterocycles. The fourth-order valence-corrected chi connectivity index (χ4v) is 2.42. The van der Waals surface area contributed by atoms with E-state index in [2.05, 4.69) is 10.4 Å². The highest BCUT2D eigenvalue weighted by atomic mass is 35.5. The van der Waals surface area contributed by atoms with Crippen LogP contribution in [0.5, 0.6) is 5.75 Å². The molecule has 0 aliphatic rings. The first-order chi connectivity index (χ1) is 10.3. The first-order valence-electron chi connectivity index (χ1n) is 6.75. The van der Waals surface area contributed by atoms with Crippen molar-refractivity contribution in [1.29, 1.82) is 0 Å². The SMILES string of the molecule is COc1cc(N)c(Cl)cc1C(=O)NCc1c(C)nn(C)c1C. The Morgan fingerprint density at radius 2 is 2.14 bits per heavy atom. The van der Waals surface area contributed by atoms with Gasteiger partial charge in [-0.3, -0.25) is 9.48 Å². The fraction of sp³-hybridized carbons (Fsp3) is 0.333. The van der Waals surface area contributed by atoms with Crippen molar-refractivity contribution in [3.8, 4) is 5.75 Å². The number of hydrogen-bond acceptors (Lipinski definition) is 4. The van der Waals surface area contributed by atoms with Gasteiger partial charge in [-0.1, -0.05) is 11.6 Å². The van der Waals surface area contributed by atoms with Crippen molar-refractivity contribution >= 4 is 23.2 Å². The second-order valence-electron chi connectivity index (χ2n) is 5.03. The molecule has 0 atom stereocenters. The average molecular weight is 323 g/mol. The highest BCUT2D eigenvalue weighted by Crippen LogP contribution is 2.28. The first kappa shape index (κ1) is 16.2. The molecule has 0 aliphatic heterocycles. The van der Waals surface area contributed by atoms with Crippen molar-refractivity contribution in [2.45, 2.75) is 20.4 Å². The average Bonchev–Trinajstić information content (AvgIpc) is 2.72. The number of ether oxygens (including phenoxy) is 1. The van der Waals surface area contributed by atoms with Gasteiger partial charge in [-0.25, -0.2) is 0 Å². The van der Waals surface area contributed by atoms with E-state index < -0.39 is 0 Å². The summed E-state index contributed by atoms with van der Waals surface area (Å²) in [7, 11) is 3.35. The Morgan fingerprint density at radius 1 is 1.45 bits per heavy atom. The molecule has 118 valence electrons. The molecule has 0 saturated carbocycles. The Morgan fingerprint density at radius 3 is 2.68 bits per heavy atom. The Hall–Kier alpha value is -2.21. The Balaban J connectivity index is 2.21. The zero-order valence-electron chi connectivity index (χ0n) is 13.0. The summed E-state index contributed by atoms with van der Waals surface area (Å²) in [6.07, 6.45) is 0. The van der Waals surface area contributed by atoms with Crippen molar-refractivity contribution < 1.29 is 9.53 Å². The maximum atomic E-state index is 12.4. The molecule has 0 radical (unpaired) electrons. The van der Waals surface area contributed by atoms with Crippen molar-refractivity contribution in [3.63, 3.8) is 0 Å². The van der Waals surface area contributed by atoms with Gasteiger partial charge >= 0.3 is 0 Å². The highest BCUT2D eigenvalue weighted by Gasteiger charge is 2.16. The number of amides is 1. The van der Waals surface area contributed by atoms with Crippen LogP contribution in [0, 0.1) is 13.8 Å². The molecule has 1 aromatic heterocycles. The summed E-state index contributed by atoms with van der Waals surface area (Å²) in [5.41, 5.74) is 9.34. The smallest absolute Gasteiger partial charge is 0.255 e. The zero-order valence-corrected chi connectivity index (χ0v) is 13.8. The van der Waals surface area contributed by atoms with Gasteiger partial charge in [-0.15, -0.1) is 0 Å². The lowest BCUT2D eigenvalue weighted by Crippen LogP contribution is -2.24. The molecule has 0 fully saturated rings. The molecule has 6 nitrogen and oxygen atoms in total. The molecule has 2 aromatic rings. The van der Waals surface area contributed by atoms with Crippen LogP contribution < -0.4 is 15.8 Å². The van der Waals surface area contributed by atoms with Gasteiger partial charge < -0.3 is 15.8 Å². The summed E-state index contributed by atoms with van der Waals surface area (Å²) in [5.74, 6) is 0.112. The number of methoxy groups -OCH3 is 1. The van der Waals surface area contributed by atoms with Gasteiger partial charge in [0.05, 0.1) is 29.1 Å². The van der Waals surface area contributed by atoms with Gasteiger partial charge in [0.25, 0.3) is 5.91 Å². The molecule has 22 heavy (non-hydrogen) atoms. The predicted molar refractivity (Wildman–Crippen MR) is 86.3 cm³/mol. The normalized spacial score (nSPS) is 10.6. The van der Waals surface area contributed by atoms with Crippen LogP contribution in [0.4, 0.5) is 5.69 Å². The molecular weight excluding hydrogens is 304 g/mol. The summed E-state index contributed by atoms with van der Waals surface area (Å²) in [6.45, 7) is 4.26. The number of aromatic nitrogens is 2. The first-order valence-corrected chi connectivity index (χ1v) is 7.13. The molecule has 0 bridgehead atoms. The summed E-state index contributed by atoms with van der Waals surface area (Å²) >= 11 is 5.98. The lowest BCUT2D eigenvalue weighted by Gasteiger charge is -2.11. The number of nitrogens with one attached hydrogen (secondary N) is 1. The number of aryl methyl sites for hydroxylation is 2. The molecule has 1 heterocycles. The Kier molecular flexibility index (Phi) is 4.61. The molecule has 2 rings (SSSR count). The molecule has 0 aliphatic carbocycles. The van der Waals surface area contributed by atoms with Crippen LogP contribution in [0.2, 0.25) is 5.02 Å². The van der Waals surface area contributed by atoms with Gasteiger partial charge in [0.2, 0.25) is 0 Å². The maximum Gasteiger partial charge on any atom is 0.255 e. The minimum Gasteiger partial charge on any atom is -0.496 e. The fourth-order valence-electron chi connectivity index (χ4n) is 2.25. The van der Waals surface area contributed by atoms with Crippen LogP contribution in [0.3, 0.4) is 0 Å². The van der Waals surface area contributed by atoms with Crippen molar-refractivity contribution in [3.05, 3.63) is 39.7 Å². The number of halogens is 1. The molecule has 1 aromatic carbocycles. The van der Waals surface area contributed by atoms with Gasteiger partial charge in [0.1, 0.15) is 5.75 Å². The van der Waals surface area contributed by atoms with E-state index in [-0.39, 0.29) is 5.91 Å². The van der Waals surface area contributed by atoms with Crippen molar-refractivity contribution in [1.82, 2.24) is 15.1 Å². The molecule has 7 heteroatoms. The van der Waals surface area contributed by atoms with E-state index >= 15 is 0 Å². The number of nitrogens with zero attached hydrogens (tertiary/aromatic N) is 2. The molecule has 0 unspecified atom stereocenters. The van der Waals surface area contributed by atoms with Crippen molar-refractivity contribution in [2.24, 2.45) is 7.05 Å². The number of nitrogen functional groups attached to an aromatic ring is 1. The molecular formula is C15H19ClN4O2. The third-order valence-corrected chi connectivity index (χ3v) is 3.98. The van der Waals surface area contributed by atoms with Gasteiger partial charge in [0, 0.05) is 30.9 Å². The quantitative estimate of drug-likeness (QED) is 0.845. The number of benzene rings is 1. The van der Waals surface area contributed by atoms with E-state index in [9.17, 15) is 4.79 Å². The van der Waals surface area contributed by atoms with Gasteiger partial charge in [-0.2, -0.15) is 5.10 Å². The van der Waals surface area contributed by atoms with Crippen molar-refractivity contribution in [2.75, 3.05) is 12.8 Å². The Labute approximate surface area is 134 Å². The lowest BCUT2D eigenvalue weighted by molar-refractivity contribution is 0.0948. The van der Waals surface area contributed by atoms with E-state index in [0.29, 0.717) is 28.6 Å². The van der Waals surface area contributed by atoms with E-state index in [1.54, 1.807) is 4.68 Å². The third kappa shape index (κ3) is 3.01. The zero-order chi connectivity index (χ0) is 16.4. The minimum absolute atomic E-state index is 0.276. The lowest BCUT2D eigenvalue weighted by atomic mass is 10.1. The number of hydrogen-bond donors (Lipinski definition) is 2. The number of nitrogens with two attached hydrogens (primary N) is 1. The van der Waals surface area contributed by atoms with E-state index in [0.717, 1.165) is 17.0 Å². The third-order valence-electron chi connectivity index (χ3n) is 3.65. The second-order valence-corrected chi connectivity index (χ2v) is 5.44. The van der Waals surface area contributed by atoms with Crippen LogP contribution in [0.15, 0.2) is 12.1 Å². The van der Waals surface area contributed by atoms with Crippen LogP contribution in [0.1, 0.15) is 27.3 Å². The molecule has 3 N–H and O–H groups in total. The highest BCUT2D eigenvalue weighted by molar-refractivity contribution is 6.33. The van der Waals surface area contributed by atoms with Crippen LogP contribution in [-0.4, -0.2) is 22.8 Å². The van der Waals surface area contributed by atoms with Gasteiger partial charge in [0.15, 0.2) is 0 Å².